The Morgan fingerprint density at radius 2 is 1.58 bits per heavy atom. The van der Waals surface area contributed by atoms with E-state index in [0.717, 1.165) is 15.9 Å². The van der Waals surface area contributed by atoms with Gasteiger partial charge in [-0.15, -0.1) is 0 Å². The Hall–Kier alpha value is -2.05. The molecule has 0 aliphatic carbocycles. The van der Waals surface area contributed by atoms with Crippen LogP contribution in [0.5, 0.6) is 11.5 Å². The van der Waals surface area contributed by atoms with Crippen LogP contribution in [-0.2, 0) is 9.53 Å². The fourth-order valence-corrected chi connectivity index (χ4v) is 2.14. The largest absolute Gasteiger partial charge is 0.491 e. The number of ether oxygens (including phenoxy) is 3. The molecule has 6 heteroatoms. The molecule has 2 aromatic rings. The van der Waals surface area contributed by atoms with Crippen molar-refractivity contribution in [3.8, 4) is 11.5 Å². The topological polar surface area (TPSA) is 56.8 Å². The Morgan fingerprint density at radius 1 is 0.958 bits per heavy atom. The highest BCUT2D eigenvalue weighted by molar-refractivity contribution is 9.10. The van der Waals surface area contributed by atoms with E-state index < -0.39 is 0 Å². The number of benzene rings is 2. The zero-order valence-corrected chi connectivity index (χ0v) is 15.0. The van der Waals surface area contributed by atoms with Crippen molar-refractivity contribution in [2.75, 3.05) is 31.7 Å². The van der Waals surface area contributed by atoms with E-state index >= 15 is 0 Å². The Balaban J connectivity index is 1.73. The lowest BCUT2D eigenvalue weighted by atomic mass is 10.3. The number of amides is 1. The van der Waals surface area contributed by atoms with Crippen LogP contribution >= 0.6 is 15.9 Å². The lowest BCUT2D eigenvalue weighted by Gasteiger charge is -2.09. The van der Waals surface area contributed by atoms with Gasteiger partial charge in [-0.2, -0.15) is 0 Å². The summed E-state index contributed by atoms with van der Waals surface area (Å²) in [4.78, 5) is 11.9. The molecule has 0 saturated carbocycles. The first kappa shape index (κ1) is 18.3. The summed E-state index contributed by atoms with van der Waals surface area (Å²) in [7, 11) is 0. The molecule has 0 heterocycles. The van der Waals surface area contributed by atoms with Crippen LogP contribution in [0.4, 0.5) is 5.69 Å². The van der Waals surface area contributed by atoms with Crippen LogP contribution in [0.25, 0.3) is 0 Å². The van der Waals surface area contributed by atoms with E-state index in [2.05, 4.69) is 21.2 Å². The van der Waals surface area contributed by atoms with Crippen LogP contribution in [-0.4, -0.2) is 32.3 Å². The molecule has 0 saturated heterocycles. The van der Waals surface area contributed by atoms with Crippen LogP contribution in [0, 0.1) is 0 Å². The van der Waals surface area contributed by atoms with Crippen LogP contribution in [0.2, 0.25) is 0 Å². The van der Waals surface area contributed by atoms with Crippen LogP contribution in [0.1, 0.15) is 6.92 Å². The van der Waals surface area contributed by atoms with Crippen molar-refractivity contribution in [2.24, 2.45) is 0 Å². The van der Waals surface area contributed by atoms with Crippen LogP contribution < -0.4 is 14.8 Å². The minimum Gasteiger partial charge on any atom is -0.491 e. The van der Waals surface area contributed by atoms with Gasteiger partial charge in [-0.3, -0.25) is 4.79 Å². The highest BCUT2D eigenvalue weighted by atomic mass is 79.9. The van der Waals surface area contributed by atoms with Gasteiger partial charge < -0.3 is 19.5 Å². The summed E-state index contributed by atoms with van der Waals surface area (Å²) in [6, 6.07) is 14.5. The van der Waals surface area contributed by atoms with Crippen molar-refractivity contribution in [1.29, 1.82) is 0 Å². The Labute approximate surface area is 150 Å². The van der Waals surface area contributed by atoms with E-state index in [1.54, 1.807) is 24.3 Å². The van der Waals surface area contributed by atoms with Crippen LogP contribution in [0.3, 0.4) is 0 Å². The highest BCUT2D eigenvalue weighted by Gasteiger charge is 2.04. The average molecular weight is 394 g/mol. The zero-order valence-electron chi connectivity index (χ0n) is 13.5. The van der Waals surface area contributed by atoms with Crippen molar-refractivity contribution in [3.63, 3.8) is 0 Å². The molecule has 0 aliphatic heterocycles. The Morgan fingerprint density at radius 3 is 2.21 bits per heavy atom. The molecule has 0 radical (unpaired) electrons. The number of anilines is 1. The smallest absolute Gasteiger partial charge is 0.262 e. The summed E-state index contributed by atoms with van der Waals surface area (Å²) in [6.07, 6.45) is 0. The number of carbonyl (C=O) groups is 1. The summed E-state index contributed by atoms with van der Waals surface area (Å²) in [5, 5.41) is 2.77. The molecule has 0 atom stereocenters. The molecule has 0 aliphatic rings. The van der Waals surface area contributed by atoms with Gasteiger partial charge in [0.05, 0.1) is 6.61 Å². The fraction of sp³-hybridized carbons (Fsp3) is 0.278. The second-order valence-electron chi connectivity index (χ2n) is 4.86. The lowest BCUT2D eigenvalue weighted by Crippen LogP contribution is -2.20. The van der Waals surface area contributed by atoms with E-state index in [4.69, 9.17) is 14.2 Å². The van der Waals surface area contributed by atoms with Crippen molar-refractivity contribution >= 4 is 27.5 Å². The summed E-state index contributed by atoms with van der Waals surface area (Å²) in [5.41, 5.74) is 0.727. The molecular formula is C18H20BrNO4. The quantitative estimate of drug-likeness (QED) is 0.656. The third-order valence-corrected chi connectivity index (χ3v) is 3.55. The van der Waals surface area contributed by atoms with Crippen molar-refractivity contribution < 1.29 is 19.0 Å². The number of carbonyl (C=O) groups excluding carboxylic acids is 1. The molecule has 0 spiro atoms. The summed E-state index contributed by atoms with van der Waals surface area (Å²) < 4.78 is 17.1. The highest BCUT2D eigenvalue weighted by Crippen LogP contribution is 2.18. The van der Waals surface area contributed by atoms with Gasteiger partial charge in [-0.25, -0.2) is 0 Å². The monoisotopic (exact) mass is 393 g/mol. The molecule has 0 bridgehead atoms. The second kappa shape index (κ2) is 9.95. The van der Waals surface area contributed by atoms with E-state index in [0.29, 0.717) is 25.6 Å². The van der Waals surface area contributed by atoms with Crippen molar-refractivity contribution in [3.05, 3.63) is 53.0 Å². The van der Waals surface area contributed by atoms with E-state index in [-0.39, 0.29) is 12.5 Å². The fourth-order valence-electron chi connectivity index (χ4n) is 1.87. The van der Waals surface area contributed by atoms with Crippen molar-refractivity contribution in [1.82, 2.24) is 0 Å². The van der Waals surface area contributed by atoms with E-state index in [1.165, 1.54) is 0 Å². The third kappa shape index (κ3) is 6.60. The molecular weight excluding hydrogens is 374 g/mol. The first-order valence-corrected chi connectivity index (χ1v) is 8.45. The second-order valence-corrected chi connectivity index (χ2v) is 5.78. The maximum absolute atomic E-state index is 11.9. The lowest BCUT2D eigenvalue weighted by molar-refractivity contribution is -0.118. The molecule has 1 N–H and O–H groups in total. The average Bonchev–Trinajstić information content (AvgIpc) is 2.60. The first-order valence-electron chi connectivity index (χ1n) is 7.66. The molecule has 2 rings (SSSR count). The van der Waals surface area contributed by atoms with Gasteiger partial charge in [-0.1, -0.05) is 15.9 Å². The maximum Gasteiger partial charge on any atom is 0.262 e. The molecule has 1 amide bonds. The Kier molecular flexibility index (Phi) is 7.58. The number of hydrogen-bond donors (Lipinski definition) is 1. The van der Waals surface area contributed by atoms with Gasteiger partial charge in [0.15, 0.2) is 6.61 Å². The minimum atomic E-state index is -0.214. The van der Waals surface area contributed by atoms with E-state index in [1.807, 2.05) is 31.2 Å². The van der Waals surface area contributed by atoms with Gasteiger partial charge in [0, 0.05) is 16.8 Å². The maximum atomic E-state index is 11.9. The number of nitrogens with one attached hydrogen (secondary N) is 1. The number of hydrogen-bond acceptors (Lipinski definition) is 4. The van der Waals surface area contributed by atoms with Gasteiger partial charge in [0.25, 0.3) is 5.91 Å². The molecule has 2 aromatic carbocycles. The van der Waals surface area contributed by atoms with Gasteiger partial charge >= 0.3 is 0 Å². The molecule has 128 valence electrons. The third-order valence-electron chi connectivity index (χ3n) is 3.02. The molecule has 0 unspecified atom stereocenters. The molecule has 24 heavy (non-hydrogen) atoms. The standard InChI is InChI=1S/C18H20BrNO4/c1-2-22-11-12-23-16-7-9-17(10-8-16)24-13-18(21)20-15-5-3-14(19)4-6-15/h3-10H,2,11-13H2,1H3,(H,20,21). The van der Waals surface area contributed by atoms with Gasteiger partial charge in [0.1, 0.15) is 18.1 Å². The number of rotatable bonds is 9. The summed E-state index contributed by atoms with van der Waals surface area (Å²) in [6.45, 7) is 3.63. The Bertz CT molecular complexity index is 628. The van der Waals surface area contributed by atoms with E-state index in [9.17, 15) is 4.79 Å². The SMILES string of the molecule is CCOCCOc1ccc(OCC(=O)Nc2ccc(Br)cc2)cc1. The predicted octanol–water partition coefficient (Wildman–Crippen LogP) is 3.88. The normalized spacial score (nSPS) is 10.2. The number of halogens is 1. The van der Waals surface area contributed by atoms with Crippen LogP contribution in [0.15, 0.2) is 53.0 Å². The predicted molar refractivity (Wildman–Crippen MR) is 96.7 cm³/mol. The summed E-state index contributed by atoms with van der Waals surface area (Å²) >= 11 is 3.35. The molecule has 5 nitrogen and oxygen atoms in total. The first-order chi connectivity index (χ1) is 11.7. The van der Waals surface area contributed by atoms with Gasteiger partial charge in [-0.05, 0) is 55.5 Å². The minimum absolute atomic E-state index is 0.0550. The summed E-state index contributed by atoms with van der Waals surface area (Å²) in [5.74, 6) is 1.13. The van der Waals surface area contributed by atoms with Gasteiger partial charge in [0.2, 0.25) is 0 Å². The molecule has 0 fully saturated rings. The molecule has 0 aromatic heterocycles. The van der Waals surface area contributed by atoms with Crippen molar-refractivity contribution in [2.45, 2.75) is 6.92 Å². The zero-order chi connectivity index (χ0) is 17.2.